The molecule has 1 atom stereocenters. The lowest BCUT2D eigenvalue weighted by atomic mass is 10.0. The quantitative estimate of drug-likeness (QED) is 0.0261. The van der Waals surface area contributed by atoms with Gasteiger partial charge in [-0.3, -0.25) is 14.4 Å². The van der Waals surface area contributed by atoms with E-state index in [2.05, 4.69) is 93.7 Å². The van der Waals surface area contributed by atoms with E-state index in [0.29, 0.717) is 19.3 Å². The summed E-state index contributed by atoms with van der Waals surface area (Å²) in [7, 11) is 0. The smallest absolute Gasteiger partial charge is 0.306 e. The number of hydrogen-bond donors (Lipinski definition) is 0. The Labute approximate surface area is 516 Å². The molecule has 0 bridgehead atoms. The van der Waals surface area contributed by atoms with E-state index in [1.165, 1.54) is 257 Å². The molecule has 0 aromatic rings. The number of carbonyl (C=O) groups excluding carboxylic acids is 3. The van der Waals surface area contributed by atoms with Crippen LogP contribution in [0.25, 0.3) is 0 Å². The van der Waals surface area contributed by atoms with E-state index >= 15 is 0 Å². The molecular weight excluding hydrogens is 1020 g/mol. The van der Waals surface area contributed by atoms with Gasteiger partial charge in [0.25, 0.3) is 0 Å². The van der Waals surface area contributed by atoms with Crippen LogP contribution < -0.4 is 0 Å². The lowest BCUT2D eigenvalue weighted by Gasteiger charge is -2.18. The minimum Gasteiger partial charge on any atom is -0.462 e. The van der Waals surface area contributed by atoms with Crippen LogP contribution in [0.5, 0.6) is 0 Å². The number of allylic oxidation sites excluding steroid dienone is 12. The third-order valence-corrected chi connectivity index (χ3v) is 16.2. The molecular formula is C77H138O6. The van der Waals surface area contributed by atoms with Crippen molar-refractivity contribution in [1.82, 2.24) is 0 Å². The third-order valence-electron chi connectivity index (χ3n) is 16.2. The summed E-state index contributed by atoms with van der Waals surface area (Å²) in [4.78, 5) is 38.5. The van der Waals surface area contributed by atoms with Crippen LogP contribution in [-0.2, 0) is 28.6 Å². The van der Waals surface area contributed by atoms with Gasteiger partial charge in [0.15, 0.2) is 6.10 Å². The van der Waals surface area contributed by atoms with Crippen LogP contribution in [0.3, 0.4) is 0 Å². The molecule has 0 heterocycles. The second-order valence-corrected chi connectivity index (χ2v) is 24.5. The normalized spacial score (nSPS) is 12.5. The van der Waals surface area contributed by atoms with Crippen LogP contribution in [-0.4, -0.2) is 37.2 Å². The highest BCUT2D eigenvalue weighted by molar-refractivity contribution is 5.71. The molecule has 83 heavy (non-hydrogen) atoms. The minimum absolute atomic E-state index is 0.0764. The van der Waals surface area contributed by atoms with Crippen molar-refractivity contribution in [1.29, 1.82) is 0 Å². The summed E-state index contributed by atoms with van der Waals surface area (Å²) in [5, 5.41) is 0. The first-order valence-corrected chi connectivity index (χ1v) is 36.4. The molecule has 0 radical (unpaired) electrons. The van der Waals surface area contributed by atoms with E-state index in [4.69, 9.17) is 14.2 Å². The number of carbonyl (C=O) groups is 3. The Hall–Kier alpha value is -3.15. The summed E-state index contributed by atoms with van der Waals surface area (Å²) < 4.78 is 17.0. The summed E-state index contributed by atoms with van der Waals surface area (Å²) in [6.45, 7) is 6.65. The number of ether oxygens (including phenoxy) is 3. The van der Waals surface area contributed by atoms with Gasteiger partial charge in [-0.15, -0.1) is 0 Å². The average molecular weight is 1160 g/mol. The molecule has 6 heteroatoms. The van der Waals surface area contributed by atoms with Crippen molar-refractivity contribution >= 4 is 17.9 Å². The van der Waals surface area contributed by atoms with Gasteiger partial charge in [-0.2, -0.15) is 0 Å². The minimum atomic E-state index is -0.781. The Morgan fingerprint density at radius 2 is 0.434 bits per heavy atom. The van der Waals surface area contributed by atoms with Gasteiger partial charge in [-0.1, -0.05) is 318 Å². The predicted molar refractivity (Wildman–Crippen MR) is 362 cm³/mol. The highest BCUT2D eigenvalue weighted by atomic mass is 16.6. The van der Waals surface area contributed by atoms with Gasteiger partial charge in [0.05, 0.1) is 0 Å². The van der Waals surface area contributed by atoms with Gasteiger partial charge in [-0.25, -0.2) is 0 Å². The fourth-order valence-corrected chi connectivity index (χ4v) is 10.7. The molecule has 0 saturated heterocycles. The van der Waals surface area contributed by atoms with E-state index in [0.717, 1.165) is 83.5 Å². The summed E-state index contributed by atoms with van der Waals surface area (Å²) >= 11 is 0. The SMILES string of the molecule is CCCCCC/C=C\CCCCCCCC(=O)OCC(COC(=O)CCCCCCCCCCCCCC/C=C\C/C=C\C/C=C\CCCCCCC)OC(=O)CCCCCCCCCCCCCCC/C=C\C/C=C\CCCCCCC. The first-order valence-electron chi connectivity index (χ1n) is 36.4. The molecule has 0 fully saturated rings. The standard InChI is InChI=1S/C77H138O6/c1-4-7-10-13-16-19-22-25-27-29-31-33-35-37-38-40-41-43-45-47-49-52-55-58-61-64-67-70-76(79)82-73-74(72-81-75(78)69-66-63-60-57-54-51-24-21-18-15-12-9-6-3)83-77(80)71-68-65-62-59-56-53-50-48-46-44-42-39-36-34-32-30-28-26-23-20-17-14-11-8-5-2/h21-26,29-32,35,37,74H,4-20,27-28,33-34,36,38-73H2,1-3H3/b24-21-,25-22-,26-23-,31-29-,32-30-,37-35-. The maximum Gasteiger partial charge on any atom is 0.306 e. The van der Waals surface area contributed by atoms with Crippen LogP contribution in [0.1, 0.15) is 380 Å². The summed E-state index contributed by atoms with van der Waals surface area (Å²) in [5.41, 5.74) is 0. The van der Waals surface area contributed by atoms with Gasteiger partial charge in [0, 0.05) is 19.3 Å². The van der Waals surface area contributed by atoms with Crippen LogP contribution in [0.2, 0.25) is 0 Å². The molecule has 0 N–H and O–H groups in total. The molecule has 6 nitrogen and oxygen atoms in total. The van der Waals surface area contributed by atoms with Gasteiger partial charge in [0.1, 0.15) is 13.2 Å². The lowest BCUT2D eigenvalue weighted by Crippen LogP contribution is -2.30. The van der Waals surface area contributed by atoms with Crippen molar-refractivity contribution < 1.29 is 28.6 Å². The van der Waals surface area contributed by atoms with E-state index in [9.17, 15) is 14.4 Å². The van der Waals surface area contributed by atoms with Crippen molar-refractivity contribution in [3.05, 3.63) is 72.9 Å². The average Bonchev–Trinajstić information content (AvgIpc) is 3.49. The van der Waals surface area contributed by atoms with Crippen LogP contribution in [0.15, 0.2) is 72.9 Å². The van der Waals surface area contributed by atoms with Gasteiger partial charge in [-0.05, 0) is 116 Å². The fourth-order valence-electron chi connectivity index (χ4n) is 10.7. The first-order chi connectivity index (χ1) is 41.0. The summed E-state index contributed by atoms with van der Waals surface area (Å²) in [6, 6.07) is 0. The Kier molecular flexibility index (Phi) is 68.6. The Morgan fingerprint density at radius 3 is 0.699 bits per heavy atom. The second-order valence-electron chi connectivity index (χ2n) is 24.5. The van der Waals surface area contributed by atoms with Crippen molar-refractivity contribution in [3.63, 3.8) is 0 Å². The topological polar surface area (TPSA) is 78.9 Å². The van der Waals surface area contributed by atoms with Crippen LogP contribution in [0, 0.1) is 0 Å². The van der Waals surface area contributed by atoms with Crippen molar-refractivity contribution in [3.8, 4) is 0 Å². The van der Waals surface area contributed by atoms with Crippen molar-refractivity contribution in [2.24, 2.45) is 0 Å². The predicted octanol–water partition coefficient (Wildman–Crippen LogP) is 25.2. The van der Waals surface area contributed by atoms with Crippen LogP contribution >= 0.6 is 0 Å². The number of esters is 3. The fraction of sp³-hybridized carbons (Fsp3) is 0.805. The van der Waals surface area contributed by atoms with E-state index in [-0.39, 0.29) is 31.1 Å². The maximum atomic E-state index is 13.0. The zero-order chi connectivity index (χ0) is 59.9. The molecule has 0 aliphatic rings. The van der Waals surface area contributed by atoms with Crippen LogP contribution in [0.4, 0.5) is 0 Å². The van der Waals surface area contributed by atoms with Crippen molar-refractivity contribution in [2.45, 2.75) is 386 Å². The zero-order valence-corrected chi connectivity index (χ0v) is 55.5. The largest absolute Gasteiger partial charge is 0.462 e. The lowest BCUT2D eigenvalue weighted by molar-refractivity contribution is -0.167. The molecule has 1 unspecified atom stereocenters. The first kappa shape index (κ1) is 79.8. The van der Waals surface area contributed by atoms with Gasteiger partial charge < -0.3 is 14.2 Å². The van der Waals surface area contributed by atoms with E-state index < -0.39 is 6.10 Å². The molecule has 0 amide bonds. The molecule has 0 saturated carbocycles. The molecule has 482 valence electrons. The summed E-state index contributed by atoms with van der Waals surface area (Å²) in [6.07, 6.45) is 93.6. The Morgan fingerprint density at radius 1 is 0.241 bits per heavy atom. The maximum absolute atomic E-state index is 13.0. The number of rotatable bonds is 67. The molecule has 0 aromatic carbocycles. The Balaban J connectivity index is 4.26. The monoisotopic (exact) mass is 1160 g/mol. The number of unbranched alkanes of at least 4 members (excludes halogenated alkanes) is 44. The highest BCUT2D eigenvalue weighted by Gasteiger charge is 2.19. The number of hydrogen-bond acceptors (Lipinski definition) is 6. The second kappa shape index (κ2) is 71.3. The van der Waals surface area contributed by atoms with Crippen molar-refractivity contribution in [2.75, 3.05) is 13.2 Å². The molecule has 0 rings (SSSR count). The Bertz CT molecular complexity index is 1520. The molecule has 0 aliphatic carbocycles. The van der Waals surface area contributed by atoms with E-state index in [1.807, 2.05) is 0 Å². The zero-order valence-electron chi connectivity index (χ0n) is 55.5. The highest BCUT2D eigenvalue weighted by Crippen LogP contribution is 2.18. The van der Waals surface area contributed by atoms with Gasteiger partial charge in [0.2, 0.25) is 0 Å². The summed E-state index contributed by atoms with van der Waals surface area (Å²) in [5.74, 6) is -0.867. The third kappa shape index (κ3) is 69.5. The van der Waals surface area contributed by atoms with Gasteiger partial charge >= 0.3 is 17.9 Å². The van der Waals surface area contributed by atoms with E-state index in [1.54, 1.807) is 0 Å². The molecule has 0 aromatic heterocycles. The molecule has 0 spiro atoms. The molecule has 0 aliphatic heterocycles.